The van der Waals surface area contributed by atoms with Crippen LogP contribution in [0.2, 0.25) is 0 Å². The molecule has 2 aromatic heterocycles. The van der Waals surface area contributed by atoms with Gasteiger partial charge in [-0.05, 0) is 55.0 Å². The number of fused-ring (bicyclic) bond motifs is 3. The fraction of sp³-hybridized carbons (Fsp3) is 0.0435. The maximum atomic E-state index is 13.3. The highest BCUT2D eigenvalue weighted by Crippen LogP contribution is 2.35. The minimum absolute atomic E-state index is 0.0218. The molecule has 3 heterocycles. The lowest BCUT2D eigenvalue weighted by atomic mass is 9.99. The van der Waals surface area contributed by atoms with E-state index >= 15 is 0 Å². The van der Waals surface area contributed by atoms with Crippen LogP contribution in [0.3, 0.4) is 0 Å². The number of carbonyl (C=O) groups is 2. The zero-order valence-electron chi connectivity index (χ0n) is 15.4. The average molecular weight is 401 g/mol. The molecule has 5 nitrogen and oxygen atoms in total. The molecule has 0 N–H and O–H groups in total. The van der Waals surface area contributed by atoms with Gasteiger partial charge < -0.3 is 4.40 Å². The van der Waals surface area contributed by atoms with Crippen LogP contribution in [-0.4, -0.2) is 24.4 Å². The molecule has 0 amide bonds. The summed E-state index contributed by atoms with van der Waals surface area (Å²) in [6, 6.07) is 17.9. The van der Waals surface area contributed by atoms with E-state index in [0.717, 1.165) is 11.1 Å². The third-order valence-electron chi connectivity index (χ3n) is 5.28. The van der Waals surface area contributed by atoms with Crippen LogP contribution < -0.4 is 0 Å². The molecular weight excluding hydrogens is 386 g/mol. The van der Waals surface area contributed by atoms with Gasteiger partial charge in [-0.25, -0.2) is 8.42 Å². The molecule has 6 heteroatoms. The monoisotopic (exact) mass is 401 g/mol. The second-order valence-corrected chi connectivity index (χ2v) is 8.93. The molecule has 0 saturated carbocycles. The Hall–Kier alpha value is -3.51. The summed E-state index contributed by atoms with van der Waals surface area (Å²) in [7, 11) is -3.89. The van der Waals surface area contributed by atoms with Crippen LogP contribution >= 0.6 is 0 Å². The molecule has 0 atom stereocenters. The fourth-order valence-corrected chi connectivity index (χ4v) is 5.59. The van der Waals surface area contributed by atoms with Gasteiger partial charge in [-0.15, -0.1) is 0 Å². The lowest BCUT2D eigenvalue weighted by Gasteiger charge is -2.19. The number of rotatable bonds is 2. The lowest BCUT2D eigenvalue weighted by molar-refractivity contribution is 0.102. The Kier molecular flexibility index (Phi) is 3.63. The summed E-state index contributed by atoms with van der Waals surface area (Å²) in [5, 5.41) is 0. The van der Waals surface area contributed by atoms with Gasteiger partial charge in [0.2, 0.25) is 15.6 Å². The molecule has 1 aliphatic rings. The molecular formula is C23H15NO4S. The molecule has 142 valence electrons. The number of nitrogens with zero attached hydrogens (tertiary/aromatic N) is 1. The van der Waals surface area contributed by atoms with Crippen LogP contribution in [0.4, 0.5) is 0 Å². The molecule has 0 spiro atoms. The topological polar surface area (TPSA) is 72.7 Å². The SMILES string of the molecule is Cc1cc2ccccn2c1C(=O)c1ccc2c(c1)S(=O)(=O)c1ccccc1C2=O. The van der Waals surface area contributed by atoms with Gasteiger partial charge in [0.05, 0.1) is 15.5 Å². The molecule has 5 rings (SSSR count). The summed E-state index contributed by atoms with van der Waals surface area (Å²) >= 11 is 0. The summed E-state index contributed by atoms with van der Waals surface area (Å²) in [6.45, 7) is 1.84. The molecule has 0 bridgehead atoms. The number of sulfone groups is 1. The Labute approximate surface area is 167 Å². The first-order valence-electron chi connectivity index (χ1n) is 9.04. The Morgan fingerprint density at radius 3 is 2.41 bits per heavy atom. The molecule has 0 unspecified atom stereocenters. The minimum Gasteiger partial charge on any atom is -0.313 e. The van der Waals surface area contributed by atoms with Gasteiger partial charge in [-0.2, -0.15) is 0 Å². The third kappa shape index (κ3) is 2.42. The molecule has 0 fully saturated rings. The molecule has 1 aliphatic heterocycles. The quantitative estimate of drug-likeness (QED) is 0.421. The standard InChI is InChI=1S/C23H15NO4S/c1-14-12-16-6-4-5-11-24(16)21(14)22(25)15-9-10-18-20(13-15)29(27,28)19-8-3-2-7-17(19)23(18)26/h2-13H,1H3. The largest absolute Gasteiger partial charge is 0.313 e. The van der Waals surface area contributed by atoms with Crippen molar-refractivity contribution in [2.24, 2.45) is 0 Å². The number of hydrogen-bond acceptors (Lipinski definition) is 4. The van der Waals surface area contributed by atoms with Crippen molar-refractivity contribution in [3.8, 4) is 0 Å². The van der Waals surface area contributed by atoms with Gasteiger partial charge >= 0.3 is 0 Å². The van der Waals surface area contributed by atoms with Crippen molar-refractivity contribution in [1.29, 1.82) is 0 Å². The smallest absolute Gasteiger partial charge is 0.210 e. The van der Waals surface area contributed by atoms with E-state index < -0.39 is 9.84 Å². The Morgan fingerprint density at radius 2 is 1.59 bits per heavy atom. The van der Waals surface area contributed by atoms with Crippen molar-refractivity contribution in [1.82, 2.24) is 4.40 Å². The van der Waals surface area contributed by atoms with Gasteiger partial charge in [-0.1, -0.05) is 24.3 Å². The number of aryl methyl sites for hydroxylation is 1. The van der Waals surface area contributed by atoms with Crippen LogP contribution in [0.5, 0.6) is 0 Å². The van der Waals surface area contributed by atoms with Crippen molar-refractivity contribution in [3.05, 3.63) is 101 Å². The van der Waals surface area contributed by atoms with Gasteiger partial charge in [-0.3, -0.25) is 9.59 Å². The predicted octanol–water partition coefficient (Wildman–Crippen LogP) is 3.86. The summed E-state index contributed by atoms with van der Waals surface area (Å²) < 4.78 is 28.0. The van der Waals surface area contributed by atoms with Crippen molar-refractivity contribution in [2.45, 2.75) is 16.7 Å². The van der Waals surface area contributed by atoms with Crippen molar-refractivity contribution in [2.75, 3.05) is 0 Å². The van der Waals surface area contributed by atoms with Gasteiger partial charge in [0.1, 0.15) is 0 Å². The molecule has 0 radical (unpaired) electrons. The average Bonchev–Trinajstić information content (AvgIpc) is 3.07. The Morgan fingerprint density at radius 1 is 0.862 bits per heavy atom. The highest BCUT2D eigenvalue weighted by Gasteiger charge is 2.35. The Bertz CT molecular complexity index is 1460. The van der Waals surface area contributed by atoms with Crippen molar-refractivity contribution < 1.29 is 18.0 Å². The van der Waals surface area contributed by atoms with Crippen LogP contribution in [-0.2, 0) is 9.84 Å². The van der Waals surface area contributed by atoms with Crippen LogP contribution in [0.1, 0.15) is 37.5 Å². The summed E-state index contributed by atoms with van der Waals surface area (Å²) in [6.07, 6.45) is 1.80. The van der Waals surface area contributed by atoms with E-state index in [4.69, 9.17) is 0 Å². The summed E-state index contributed by atoms with van der Waals surface area (Å²) in [5.41, 5.74) is 2.63. The first-order chi connectivity index (χ1) is 13.9. The van der Waals surface area contributed by atoms with Crippen molar-refractivity contribution in [3.63, 3.8) is 0 Å². The molecule has 29 heavy (non-hydrogen) atoms. The zero-order valence-corrected chi connectivity index (χ0v) is 16.2. The molecule has 0 saturated heterocycles. The van der Waals surface area contributed by atoms with E-state index in [1.807, 2.05) is 31.2 Å². The number of benzene rings is 2. The third-order valence-corrected chi connectivity index (χ3v) is 7.14. The van der Waals surface area contributed by atoms with E-state index in [9.17, 15) is 18.0 Å². The number of pyridine rings is 1. The maximum Gasteiger partial charge on any atom is 0.210 e. The Balaban J connectivity index is 1.70. The fourth-order valence-electron chi connectivity index (χ4n) is 3.91. The van der Waals surface area contributed by atoms with Crippen LogP contribution in [0.25, 0.3) is 5.52 Å². The number of aromatic nitrogens is 1. The first-order valence-corrected chi connectivity index (χ1v) is 10.5. The lowest BCUT2D eigenvalue weighted by Crippen LogP contribution is -2.21. The van der Waals surface area contributed by atoms with Gasteiger partial charge in [0.15, 0.2) is 5.78 Å². The van der Waals surface area contributed by atoms with E-state index in [1.54, 1.807) is 22.7 Å². The molecule has 0 aliphatic carbocycles. The van der Waals surface area contributed by atoms with E-state index in [0.29, 0.717) is 5.69 Å². The number of carbonyl (C=O) groups excluding carboxylic acids is 2. The van der Waals surface area contributed by atoms with Gasteiger partial charge in [0.25, 0.3) is 0 Å². The second kappa shape index (κ2) is 5.99. The second-order valence-electron chi connectivity index (χ2n) is 7.04. The highest BCUT2D eigenvalue weighted by atomic mass is 32.2. The first kappa shape index (κ1) is 17.6. The van der Waals surface area contributed by atoms with Gasteiger partial charge in [0, 0.05) is 28.4 Å². The molecule has 2 aromatic carbocycles. The normalized spacial score (nSPS) is 14.4. The number of ketones is 2. The maximum absolute atomic E-state index is 13.3. The zero-order chi connectivity index (χ0) is 20.3. The summed E-state index contributed by atoms with van der Waals surface area (Å²) in [4.78, 5) is 25.9. The minimum atomic E-state index is -3.89. The van der Waals surface area contributed by atoms with Crippen LogP contribution in [0, 0.1) is 6.92 Å². The van der Waals surface area contributed by atoms with E-state index in [2.05, 4.69) is 0 Å². The molecule has 4 aromatic rings. The predicted molar refractivity (Wildman–Crippen MR) is 107 cm³/mol. The highest BCUT2D eigenvalue weighted by molar-refractivity contribution is 7.91. The number of hydrogen-bond donors (Lipinski definition) is 0. The van der Waals surface area contributed by atoms with Crippen molar-refractivity contribution >= 4 is 26.9 Å². The summed E-state index contributed by atoms with van der Waals surface area (Å²) in [5.74, 6) is -0.647. The van der Waals surface area contributed by atoms with E-state index in [1.165, 1.54) is 30.3 Å². The van der Waals surface area contributed by atoms with Crippen LogP contribution in [0.15, 0.2) is 82.7 Å². The van der Waals surface area contributed by atoms with E-state index in [-0.39, 0.29) is 38.0 Å².